The third kappa shape index (κ3) is 5.13. The zero-order valence-electron chi connectivity index (χ0n) is 12.0. The van der Waals surface area contributed by atoms with Gasteiger partial charge in [-0.25, -0.2) is 4.39 Å². The van der Waals surface area contributed by atoms with Crippen LogP contribution >= 0.6 is 11.6 Å². The number of carbonyl (C=O) groups is 1. The monoisotopic (exact) mass is 329 g/mol. The fourth-order valence-corrected chi connectivity index (χ4v) is 2.02. The van der Waals surface area contributed by atoms with Crippen molar-refractivity contribution in [2.45, 2.75) is 6.54 Å². The third-order valence-corrected chi connectivity index (χ3v) is 3.12. The summed E-state index contributed by atoms with van der Waals surface area (Å²) in [5.74, 6) is -0.894. The van der Waals surface area contributed by atoms with Crippen molar-refractivity contribution in [1.82, 2.24) is 5.32 Å². The van der Waals surface area contributed by atoms with E-state index in [1.807, 2.05) is 6.07 Å². The van der Waals surface area contributed by atoms with Crippen LogP contribution in [0.1, 0.15) is 5.56 Å². The first-order chi connectivity index (χ1) is 11.1. The molecular weight excluding hydrogens is 317 g/mol. The van der Waals surface area contributed by atoms with Gasteiger partial charge in [-0.3, -0.25) is 4.79 Å². The highest BCUT2D eigenvalue weighted by molar-refractivity contribution is 6.31. The van der Waals surface area contributed by atoms with Gasteiger partial charge in [-0.2, -0.15) is 5.26 Å². The molecule has 0 heterocycles. The summed E-state index contributed by atoms with van der Waals surface area (Å²) in [4.78, 5) is 12.0. The molecule has 2 rings (SSSR count). The number of benzene rings is 2. The van der Waals surface area contributed by atoms with E-state index >= 15 is 0 Å². The second-order valence-corrected chi connectivity index (χ2v) is 5.08. The summed E-state index contributed by atoms with van der Waals surface area (Å²) in [5.41, 5.74) is 1.10. The van der Waals surface area contributed by atoms with E-state index in [0.717, 1.165) is 0 Å². The van der Waals surface area contributed by atoms with Gasteiger partial charge in [-0.15, -0.1) is 0 Å². The highest BCUT2D eigenvalue weighted by atomic mass is 35.5. The maximum absolute atomic E-state index is 13.1. The number of hydrogen-bond donors (Lipinski definition) is 2. The Morgan fingerprint density at radius 1 is 1.26 bits per heavy atom. The highest BCUT2D eigenvalue weighted by Gasteiger charge is 2.09. The Labute approximate surface area is 138 Å². The van der Waals surface area contributed by atoms with E-state index in [-0.39, 0.29) is 11.4 Å². The Balaban J connectivity index is 1.98. The zero-order chi connectivity index (χ0) is 16.7. The minimum atomic E-state index is -0.554. The topological polar surface area (TPSA) is 64.9 Å². The minimum Gasteiger partial charge on any atom is -0.386 e. The average molecular weight is 330 g/mol. The van der Waals surface area contributed by atoms with Gasteiger partial charge >= 0.3 is 0 Å². The Kier molecular flexibility index (Phi) is 5.73. The largest absolute Gasteiger partial charge is 0.386 e. The number of halogens is 2. The van der Waals surface area contributed by atoms with E-state index in [1.165, 1.54) is 18.3 Å². The second-order valence-electron chi connectivity index (χ2n) is 4.65. The van der Waals surface area contributed by atoms with Crippen molar-refractivity contribution >= 4 is 23.2 Å². The molecule has 6 heteroatoms. The molecule has 0 aromatic heterocycles. The molecule has 2 aromatic rings. The molecule has 0 aliphatic rings. The van der Waals surface area contributed by atoms with E-state index in [1.54, 1.807) is 36.4 Å². The maximum Gasteiger partial charge on any atom is 0.267 e. The van der Waals surface area contributed by atoms with Crippen LogP contribution in [0.4, 0.5) is 10.1 Å². The van der Waals surface area contributed by atoms with E-state index in [0.29, 0.717) is 22.8 Å². The molecule has 0 spiro atoms. The van der Waals surface area contributed by atoms with Crippen LogP contribution in [0.2, 0.25) is 5.02 Å². The van der Waals surface area contributed by atoms with Crippen molar-refractivity contribution in [1.29, 1.82) is 5.26 Å². The lowest BCUT2D eigenvalue weighted by atomic mass is 10.2. The highest BCUT2D eigenvalue weighted by Crippen LogP contribution is 2.15. The summed E-state index contributed by atoms with van der Waals surface area (Å²) >= 11 is 5.83. The molecule has 0 aliphatic carbocycles. The molecule has 0 aliphatic heterocycles. The van der Waals surface area contributed by atoms with Crippen LogP contribution in [0.15, 0.2) is 60.3 Å². The number of nitriles is 1. The van der Waals surface area contributed by atoms with Crippen molar-refractivity contribution in [2.24, 2.45) is 0 Å². The Morgan fingerprint density at radius 2 is 2.04 bits per heavy atom. The molecule has 1 amide bonds. The number of nitrogens with zero attached hydrogens (tertiary/aromatic N) is 1. The van der Waals surface area contributed by atoms with Gasteiger partial charge in [0.25, 0.3) is 5.91 Å². The van der Waals surface area contributed by atoms with E-state index in [9.17, 15) is 9.18 Å². The number of anilines is 1. The molecule has 2 aromatic carbocycles. The summed E-state index contributed by atoms with van der Waals surface area (Å²) in [5, 5.41) is 14.9. The number of hydrogen-bond acceptors (Lipinski definition) is 3. The predicted molar refractivity (Wildman–Crippen MR) is 87.0 cm³/mol. The first kappa shape index (κ1) is 16.5. The lowest BCUT2D eigenvalue weighted by Gasteiger charge is -2.06. The van der Waals surface area contributed by atoms with Crippen LogP contribution in [-0.4, -0.2) is 5.91 Å². The summed E-state index contributed by atoms with van der Waals surface area (Å²) in [7, 11) is 0. The van der Waals surface area contributed by atoms with Gasteiger partial charge in [-0.1, -0.05) is 29.8 Å². The summed E-state index contributed by atoms with van der Waals surface area (Å²) in [6.07, 6.45) is 1.30. The van der Waals surface area contributed by atoms with Crippen molar-refractivity contribution in [3.8, 4) is 6.07 Å². The van der Waals surface area contributed by atoms with Crippen LogP contribution in [-0.2, 0) is 11.3 Å². The van der Waals surface area contributed by atoms with Gasteiger partial charge in [0.15, 0.2) is 0 Å². The summed E-state index contributed by atoms with van der Waals surface area (Å²) in [6, 6.07) is 14.5. The van der Waals surface area contributed by atoms with E-state index in [4.69, 9.17) is 16.9 Å². The van der Waals surface area contributed by atoms with Crippen molar-refractivity contribution in [2.75, 3.05) is 5.32 Å². The van der Waals surface area contributed by atoms with Crippen molar-refractivity contribution in [3.63, 3.8) is 0 Å². The molecular formula is C17H13ClFN3O. The molecule has 0 unspecified atom stereocenters. The molecule has 0 atom stereocenters. The first-order valence-corrected chi connectivity index (χ1v) is 7.11. The third-order valence-electron chi connectivity index (χ3n) is 2.89. The number of rotatable bonds is 5. The molecule has 0 saturated heterocycles. The van der Waals surface area contributed by atoms with Crippen LogP contribution in [0.3, 0.4) is 0 Å². The number of nitrogens with one attached hydrogen (secondary N) is 2. The van der Waals surface area contributed by atoms with Crippen molar-refractivity contribution < 1.29 is 9.18 Å². The summed E-state index contributed by atoms with van der Waals surface area (Å²) in [6.45, 7) is 0.299. The summed E-state index contributed by atoms with van der Waals surface area (Å²) < 4.78 is 13.1. The second kappa shape index (κ2) is 7.97. The van der Waals surface area contributed by atoms with E-state index < -0.39 is 5.91 Å². The SMILES string of the molecule is N#C/C(=C/NCc1cccc(F)c1)C(=O)Nc1cccc(Cl)c1. The van der Waals surface area contributed by atoms with Gasteiger partial charge in [0.1, 0.15) is 17.5 Å². The zero-order valence-corrected chi connectivity index (χ0v) is 12.8. The average Bonchev–Trinajstić information content (AvgIpc) is 2.51. The van der Waals surface area contributed by atoms with Gasteiger partial charge in [0.05, 0.1) is 0 Å². The van der Waals surface area contributed by atoms with Gasteiger partial charge in [-0.05, 0) is 35.9 Å². The predicted octanol–water partition coefficient (Wildman–Crippen LogP) is 3.61. The first-order valence-electron chi connectivity index (χ1n) is 6.73. The Morgan fingerprint density at radius 3 is 2.74 bits per heavy atom. The smallest absolute Gasteiger partial charge is 0.267 e. The van der Waals surface area contributed by atoms with Gasteiger partial charge < -0.3 is 10.6 Å². The van der Waals surface area contributed by atoms with Crippen LogP contribution in [0.5, 0.6) is 0 Å². The molecule has 0 saturated carbocycles. The molecule has 2 N–H and O–H groups in total. The van der Waals surface area contributed by atoms with Gasteiger partial charge in [0, 0.05) is 23.5 Å². The van der Waals surface area contributed by atoms with E-state index in [2.05, 4.69) is 10.6 Å². The lowest BCUT2D eigenvalue weighted by molar-refractivity contribution is -0.112. The Hall–Kier alpha value is -2.84. The number of amides is 1. The Bertz CT molecular complexity index is 783. The quantitative estimate of drug-likeness (QED) is 0.650. The van der Waals surface area contributed by atoms with Crippen LogP contribution in [0, 0.1) is 17.1 Å². The molecule has 4 nitrogen and oxygen atoms in total. The minimum absolute atomic E-state index is 0.0959. The van der Waals surface area contributed by atoms with Gasteiger partial charge in [0.2, 0.25) is 0 Å². The van der Waals surface area contributed by atoms with Crippen LogP contribution < -0.4 is 10.6 Å². The normalized spacial score (nSPS) is 10.7. The fraction of sp³-hybridized carbons (Fsp3) is 0.0588. The number of carbonyl (C=O) groups excluding carboxylic acids is 1. The molecule has 0 fully saturated rings. The van der Waals surface area contributed by atoms with Crippen molar-refractivity contribution in [3.05, 3.63) is 76.7 Å². The standard InChI is InChI=1S/C17H13ClFN3O/c18-14-4-2-6-16(8-14)22-17(23)13(9-20)11-21-10-12-3-1-5-15(19)7-12/h1-8,11,21H,10H2,(H,22,23)/b13-11-. The molecule has 0 radical (unpaired) electrons. The fourth-order valence-electron chi connectivity index (χ4n) is 1.83. The molecule has 116 valence electrons. The molecule has 23 heavy (non-hydrogen) atoms. The lowest BCUT2D eigenvalue weighted by Crippen LogP contribution is -2.16. The maximum atomic E-state index is 13.1. The molecule has 0 bridgehead atoms. The van der Waals surface area contributed by atoms with Crippen LogP contribution in [0.25, 0.3) is 0 Å².